The van der Waals surface area contributed by atoms with Crippen molar-refractivity contribution in [2.75, 3.05) is 0 Å². The van der Waals surface area contributed by atoms with Gasteiger partial charge in [-0.05, 0) is 24.5 Å². The topological polar surface area (TPSA) is 0 Å². The molecule has 58 valence electrons. The van der Waals surface area contributed by atoms with Gasteiger partial charge in [-0.3, -0.25) is 0 Å². The average Bonchev–Trinajstić information content (AvgIpc) is 2.03. The zero-order chi connectivity index (χ0) is 8.27. The summed E-state index contributed by atoms with van der Waals surface area (Å²) in [6.07, 6.45) is 1.03. The quantitative estimate of drug-likeness (QED) is 0.599. The van der Waals surface area contributed by atoms with E-state index in [1.807, 2.05) is 0 Å². The monoisotopic (exact) mass is 146 g/mol. The molecule has 1 aromatic carbocycles. The van der Waals surface area contributed by atoms with Gasteiger partial charge in [0, 0.05) is 0 Å². The van der Waals surface area contributed by atoms with Crippen molar-refractivity contribution in [3.63, 3.8) is 0 Å². The Balaban J connectivity index is 2.96. The maximum absolute atomic E-state index is 3.98. The van der Waals surface area contributed by atoms with Crippen LogP contribution in [-0.2, 0) is 0 Å². The van der Waals surface area contributed by atoms with Crippen molar-refractivity contribution in [1.82, 2.24) is 0 Å². The SMILES string of the molecule is C=C(CC)c1cccc(C)c1. The fourth-order valence-corrected chi connectivity index (χ4v) is 1.07. The summed E-state index contributed by atoms with van der Waals surface area (Å²) in [7, 11) is 0. The van der Waals surface area contributed by atoms with Crippen LogP contribution in [0, 0.1) is 6.92 Å². The maximum Gasteiger partial charge on any atom is -0.0228 e. The Hall–Kier alpha value is -1.04. The van der Waals surface area contributed by atoms with E-state index in [0.29, 0.717) is 0 Å². The summed E-state index contributed by atoms with van der Waals surface area (Å²) in [5.41, 5.74) is 3.79. The van der Waals surface area contributed by atoms with Crippen molar-refractivity contribution in [1.29, 1.82) is 0 Å². The Morgan fingerprint density at radius 1 is 1.45 bits per heavy atom. The van der Waals surface area contributed by atoms with Crippen LogP contribution >= 0.6 is 0 Å². The smallest absolute Gasteiger partial charge is 0.0228 e. The van der Waals surface area contributed by atoms with E-state index in [2.05, 4.69) is 44.7 Å². The molecular weight excluding hydrogens is 132 g/mol. The summed E-state index contributed by atoms with van der Waals surface area (Å²) >= 11 is 0. The first-order valence-corrected chi connectivity index (χ1v) is 3.99. The van der Waals surface area contributed by atoms with Crippen molar-refractivity contribution < 1.29 is 0 Å². The van der Waals surface area contributed by atoms with Crippen molar-refractivity contribution in [3.8, 4) is 0 Å². The van der Waals surface area contributed by atoms with E-state index in [1.54, 1.807) is 0 Å². The molecule has 0 aliphatic rings. The second kappa shape index (κ2) is 3.38. The number of rotatable bonds is 2. The fourth-order valence-electron chi connectivity index (χ4n) is 1.07. The van der Waals surface area contributed by atoms with E-state index < -0.39 is 0 Å². The lowest BCUT2D eigenvalue weighted by Gasteiger charge is -2.02. The van der Waals surface area contributed by atoms with Crippen LogP contribution in [0.25, 0.3) is 5.57 Å². The van der Waals surface area contributed by atoms with Gasteiger partial charge in [0.2, 0.25) is 0 Å². The highest BCUT2D eigenvalue weighted by Gasteiger charge is 1.94. The van der Waals surface area contributed by atoms with Crippen LogP contribution in [0.2, 0.25) is 0 Å². The minimum atomic E-state index is 1.03. The van der Waals surface area contributed by atoms with Crippen LogP contribution in [-0.4, -0.2) is 0 Å². The highest BCUT2D eigenvalue weighted by atomic mass is 14.0. The first kappa shape index (κ1) is 8.06. The number of hydrogen-bond acceptors (Lipinski definition) is 0. The van der Waals surface area contributed by atoms with Crippen molar-refractivity contribution in [2.24, 2.45) is 0 Å². The zero-order valence-electron chi connectivity index (χ0n) is 7.22. The number of aryl methyl sites for hydroxylation is 1. The molecule has 0 amide bonds. The molecule has 0 aliphatic carbocycles. The van der Waals surface area contributed by atoms with Gasteiger partial charge in [-0.15, -0.1) is 0 Å². The molecular formula is C11H14. The van der Waals surface area contributed by atoms with Gasteiger partial charge < -0.3 is 0 Å². The number of allylic oxidation sites excluding steroid dienone is 1. The standard InChI is InChI=1S/C11H14/c1-4-10(3)11-7-5-6-9(2)8-11/h5-8H,3-4H2,1-2H3. The third kappa shape index (κ3) is 1.94. The van der Waals surface area contributed by atoms with Gasteiger partial charge in [0.15, 0.2) is 0 Å². The average molecular weight is 146 g/mol. The molecule has 0 saturated heterocycles. The Morgan fingerprint density at radius 2 is 2.18 bits per heavy atom. The summed E-state index contributed by atoms with van der Waals surface area (Å²) in [5, 5.41) is 0. The maximum atomic E-state index is 3.98. The molecule has 0 bridgehead atoms. The lowest BCUT2D eigenvalue weighted by Crippen LogP contribution is -1.81. The second-order valence-corrected chi connectivity index (χ2v) is 2.83. The van der Waals surface area contributed by atoms with E-state index in [4.69, 9.17) is 0 Å². The van der Waals surface area contributed by atoms with Gasteiger partial charge in [-0.2, -0.15) is 0 Å². The predicted molar refractivity (Wildman–Crippen MR) is 50.5 cm³/mol. The highest BCUT2D eigenvalue weighted by Crippen LogP contribution is 2.15. The predicted octanol–water partition coefficient (Wildman–Crippen LogP) is 3.42. The summed E-state index contributed by atoms with van der Waals surface area (Å²) in [4.78, 5) is 0. The minimum absolute atomic E-state index is 1.03. The van der Waals surface area contributed by atoms with Gasteiger partial charge >= 0.3 is 0 Å². The molecule has 0 aromatic heterocycles. The molecule has 0 spiro atoms. The highest BCUT2D eigenvalue weighted by molar-refractivity contribution is 5.63. The molecule has 0 heteroatoms. The van der Waals surface area contributed by atoms with Gasteiger partial charge in [0.25, 0.3) is 0 Å². The Bertz CT molecular complexity index is 258. The summed E-state index contributed by atoms with van der Waals surface area (Å²) in [6.45, 7) is 8.22. The molecule has 1 rings (SSSR count). The molecule has 0 aliphatic heterocycles. The van der Waals surface area contributed by atoms with Crippen molar-refractivity contribution in [3.05, 3.63) is 42.0 Å². The first-order valence-electron chi connectivity index (χ1n) is 3.99. The fraction of sp³-hybridized carbons (Fsp3) is 0.273. The molecule has 0 radical (unpaired) electrons. The Morgan fingerprint density at radius 3 is 2.73 bits per heavy atom. The Labute approximate surface area is 68.6 Å². The van der Waals surface area contributed by atoms with E-state index in [9.17, 15) is 0 Å². The van der Waals surface area contributed by atoms with Gasteiger partial charge in [-0.1, -0.05) is 43.3 Å². The number of hydrogen-bond donors (Lipinski definition) is 0. The molecule has 0 nitrogen and oxygen atoms in total. The van der Waals surface area contributed by atoms with Crippen molar-refractivity contribution >= 4 is 5.57 Å². The largest absolute Gasteiger partial charge is 0.0952 e. The normalized spacial score (nSPS) is 9.64. The van der Waals surface area contributed by atoms with Crippen LogP contribution in [0.15, 0.2) is 30.8 Å². The zero-order valence-corrected chi connectivity index (χ0v) is 7.22. The molecule has 11 heavy (non-hydrogen) atoms. The third-order valence-electron chi connectivity index (χ3n) is 1.85. The third-order valence-corrected chi connectivity index (χ3v) is 1.85. The summed E-state index contributed by atoms with van der Waals surface area (Å²) in [5.74, 6) is 0. The van der Waals surface area contributed by atoms with Gasteiger partial charge in [0.05, 0.1) is 0 Å². The van der Waals surface area contributed by atoms with Crippen molar-refractivity contribution in [2.45, 2.75) is 20.3 Å². The molecule has 1 aromatic rings. The van der Waals surface area contributed by atoms with E-state index in [1.165, 1.54) is 16.7 Å². The molecule has 0 atom stereocenters. The van der Waals surface area contributed by atoms with Crippen LogP contribution in [0.1, 0.15) is 24.5 Å². The molecule has 0 N–H and O–H groups in total. The summed E-state index contributed by atoms with van der Waals surface area (Å²) < 4.78 is 0. The van der Waals surface area contributed by atoms with Crippen LogP contribution in [0.5, 0.6) is 0 Å². The lowest BCUT2D eigenvalue weighted by molar-refractivity contribution is 1.24. The van der Waals surface area contributed by atoms with Crippen LogP contribution in [0.4, 0.5) is 0 Å². The van der Waals surface area contributed by atoms with Crippen LogP contribution in [0.3, 0.4) is 0 Å². The molecule has 0 saturated carbocycles. The molecule has 0 unspecified atom stereocenters. The van der Waals surface area contributed by atoms with E-state index in [-0.39, 0.29) is 0 Å². The first-order chi connectivity index (χ1) is 5.24. The van der Waals surface area contributed by atoms with E-state index in [0.717, 1.165) is 6.42 Å². The second-order valence-electron chi connectivity index (χ2n) is 2.83. The molecule has 0 fully saturated rings. The van der Waals surface area contributed by atoms with Gasteiger partial charge in [0.1, 0.15) is 0 Å². The Kier molecular flexibility index (Phi) is 2.48. The van der Waals surface area contributed by atoms with Crippen LogP contribution < -0.4 is 0 Å². The van der Waals surface area contributed by atoms with E-state index >= 15 is 0 Å². The minimum Gasteiger partial charge on any atom is -0.0952 e. The lowest BCUT2D eigenvalue weighted by atomic mass is 10.0. The molecule has 0 heterocycles. The summed E-state index contributed by atoms with van der Waals surface area (Å²) in [6, 6.07) is 8.46. The number of benzene rings is 1. The van der Waals surface area contributed by atoms with Gasteiger partial charge in [-0.25, -0.2) is 0 Å².